The number of fused-ring (bicyclic) bond motifs is 4. The number of carbonyl (C=O) groups is 3. The van der Waals surface area contributed by atoms with Crippen molar-refractivity contribution in [3.63, 3.8) is 0 Å². The van der Waals surface area contributed by atoms with Gasteiger partial charge in [-0.15, -0.1) is 0 Å². The molecule has 2 aliphatic heterocycles. The van der Waals surface area contributed by atoms with Gasteiger partial charge < -0.3 is 19.1 Å². The third-order valence-electron chi connectivity index (χ3n) is 8.50. The second-order valence-electron chi connectivity index (χ2n) is 11.3. The molecule has 4 aromatic rings. The molecule has 1 aromatic heterocycles. The van der Waals surface area contributed by atoms with Gasteiger partial charge >= 0.3 is 0 Å². The predicted octanol–water partition coefficient (Wildman–Crippen LogP) is 4.67. The summed E-state index contributed by atoms with van der Waals surface area (Å²) in [6.07, 6.45) is 3.02. The van der Waals surface area contributed by atoms with E-state index in [4.69, 9.17) is 9.94 Å². The number of aromatic nitrogens is 1. The highest BCUT2D eigenvalue weighted by Gasteiger charge is 2.40. The molecule has 0 radical (unpaired) electrons. The largest absolute Gasteiger partial charge is 0.489 e. The topological polar surface area (TPSA) is 104 Å². The van der Waals surface area contributed by atoms with Gasteiger partial charge in [-0.05, 0) is 72.7 Å². The normalized spacial score (nSPS) is 16.8. The number of ether oxygens (including phenoxy) is 1. The fourth-order valence-corrected chi connectivity index (χ4v) is 6.36. The van der Waals surface area contributed by atoms with Gasteiger partial charge in [-0.25, -0.2) is 5.48 Å². The molecule has 0 saturated carbocycles. The Morgan fingerprint density at radius 3 is 2.53 bits per heavy atom. The summed E-state index contributed by atoms with van der Waals surface area (Å²) in [6.45, 7) is 4.06. The zero-order chi connectivity index (χ0) is 29.9. The highest BCUT2D eigenvalue weighted by molar-refractivity contribution is 5.95. The van der Waals surface area contributed by atoms with Crippen LogP contribution in [0.4, 0.5) is 0 Å². The smallest absolute Gasteiger partial charge is 0.274 e. The first-order valence-corrected chi connectivity index (χ1v) is 14.9. The number of aryl methyl sites for hydroxylation is 1. The lowest BCUT2D eigenvalue weighted by molar-refractivity contribution is -0.157. The van der Waals surface area contributed by atoms with Crippen molar-refractivity contribution in [2.75, 3.05) is 13.1 Å². The second kappa shape index (κ2) is 12.3. The van der Waals surface area contributed by atoms with E-state index >= 15 is 0 Å². The van der Waals surface area contributed by atoms with Crippen LogP contribution in [0.5, 0.6) is 5.75 Å². The molecule has 3 aromatic carbocycles. The molecule has 0 bridgehead atoms. The van der Waals surface area contributed by atoms with Crippen molar-refractivity contribution in [3.05, 3.63) is 101 Å². The number of piperazine rings is 1. The van der Waals surface area contributed by atoms with E-state index in [9.17, 15) is 14.4 Å². The van der Waals surface area contributed by atoms with Crippen LogP contribution >= 0.6 is 0 Å². The van der Waals surface area contributed by atoms with E-state index in [1.54, 1.807) is 27.4 Å². The molecule has 3 heterocycles. The minimum atomic E-state index is -0.567. The fraction of sp³-hybridized carbons (Fsp3) is 0.324. The Bertz CT molecular complexity index is 1650. The van der Waals surface area contributed by atoms with Crippen LogP contribution in [0.2, 0.25) is 0 Å². The van der Waals surface area contributed by atoms with Gasteiger partial charge in [-0.1, -0.05) is 49.4 Å². The monoisotopic (exact) mass is 580 g/mol. The average molecular weight is 581 g/mol. The molecule has 6 rings (SSSR count). The summed E-state index contributed by atoms with van der Waals surface area (Å²) in [5.74, 6) is 0.230. The molecule has 0 aliphatic carbocycles. The number of nitrogens with one attached hydrogen (secondary N) is 1. The number of hydrogen-bond donors (Lipinski definition) is 2. The van der Waals surface area contributed by atoms with Crippen LogP contribution in [0, 0.1) is 0 Å². The first-order valence-electron chi connectivity index (χ1n) is 14.9. The summed E-state index contributed by atoms with van der Waals surface area (Å²) in [7, 11) is 0. The van der Waals surface area contributed by atoms with Crippen molar-refractivity contribution in [1.82, 2.24) is 19.8 Å². The molecular weight excluding hydrogens is 544 g/mol. The van der Waals surface area contributed by atoms with E-state index in [1.165, 1.54) is 5.56 Å². The van der Waals surface area contributed by atoms with Crippen LogP contribution in [0.3, 0.4) is 0 Å². The molecule has 3 amide bonds. The summed E-state index contributed by atoms with van der Waals surface area (Å²) in [5, 5.41) is 10.1. The van der Waals surface area contributed by atoms with E-state index in [2.05, 4.69) is 16.7 Å². The molecule has 2 N–H and O–H groups in total. The number of nitrogens with zero attached hydrogens (tertiary/aromatic N) is 3. The van der Waals surface area contributed by atoms with Gasteiger partial charge in [0.2, 0.25) is 11.8 Å². The molecule has 1 unspecified atom stereocenters. The van der Waals surface area contributed by atoms with Gasteiger partial charge in [-0.3, -0.25) is 19.6 Å². The summed E-state index contributed by atoms with van der Waals surface area (Å²) >= 11 is 0. The maximum absolute atomic E-state index is 13.5. The minimum Gasteiger partial charge on any atom is -0.489 e. The molecule has 9 nitrogen and oxygen atoms in total. The molecule has 2 aliphatic rings. The average Bonchev–Trinajstić information content (AvgIpc) is 3.29. The Labute approximate surface area is 250 Å². The van der Waals surface area contributed by atoms with E-state index in [-0.39, 0.29) is 18.4 Å². The molecule has 0 spiro atoms. The lowest BCUT2D eigenvalue weighted by atomic mass is 9.95. The zero-order valence-electron chi connectivity index (χ0n) is 24.3. The highest BCUT2D eigenvalue weighted by Crippen LogP contribution is 2.36. The van der Waals surface area contributed by atoms with Crippen LogP contribution in [0.15, 0.2) is 72.8 Å². The summed E-state index contributed by atoms with van der Waals surface area (Å²) in [5.41, 5.74) is 7.29. The Morgan fingerprint density at radius 1 is 1.00 bits per heavy atom. The quantitative estimate of drug-likeness (QED) is 0.233. The predicted molar refractivity (Wildman–Crippen MR) is 162 cm³/mol. The Balaban J connectivity index is 1.39. The number of hydroxylamine groups is 1. The van der Waals surface area contributed by atoms with Crippen molar-refractivity contribution in [1.29, 1.82) is 0 Å². The second-order valence-corrected chi connectivity index (χ2v) is 11.3. The van der Waals surface area contributed by atoms with Gasteiger partial charge in [-0.2, -0.15) is 0 Å². The van der Waals surface area contributed by atoms with Gasteiger partial charge in [0, 0.05) is 35.2 Å². The lowest BCUT2D eigenvalue weighted by Gasteiger charge is -2.41. The van der Waals surface area contributed by atoms with E-state index in [1.807, 2.05) is 55.5 Å². The maximum atomic E-state index is 13.5. The summed E-state index contributed by atoms with van der Waals surface area (Å²) < 4.78 is 8.42. The van der Waals surface area contributed by atoms with E-state index in [0.717, 1.165) is 52.7 Å². The van der Waals surface area contributed by atoms with E-state index < -0.39 is 11.9 Å². The lowest BCUT2D eigenvalue weighted by Crippen LogP contribution is -2.60. The van der Waals surface area contributed by atoms with Crippen molar-refractivity contribution in [3.8, 4) is 5.75 Å². The van der Waals surface area contributed by atoms with Gasteiger partial charge in [0.25, 0.3) is 5.91 Å². The van der Waals surface area contributed by atoms with E-state index in [0.29, 0.717) is 38.2 Å². The number of amides is 3. The first-order chi connectivity index (χ1) is 21.0. The third-order valence-corrected chi connectivity index (χ3v) is 8.50. The van der Waals surface area contributed by atoms with Crippen LogP contribution < -0.4 is 10.2 Å². The Kier molecular flexibility index (Phi) is 8.16. The van der Waals surface area contributed by atoms with Crippen LogP contribution in [-0.4, -0.2) is 56.4 Å². The summed E-state index contributed by atoms with van der Waals surface area (Å²) in [4.78, 5) is 42.2. The number of hydrogen-bond acceptors (Lipinski definition) is 5. The standard InChI is InChI=1S/C34H36N4O5/c1-2-17-36-21-32(39)38-20-31-27(9-6-10-30(38)34(36)41)28-18-26(43-22-24-7-4-3-5-8-24)15-16-29(28)37(31)19-23-11-13-25(14-12-23)33(40)35-42/h3-5,7-8,11-16,18,30,42H,2,6,9-10,17,19-22H2,1H3,(H,35,40). The maximum Gasteiger partial charge on any atom is 0.274 e. The number of benzene rings is 3. The van der Waals surface area contributed by atoms with Gasteiger partial charge in [0.05, 0.1) is 13.1 Å². The van der Waals surface area contributed by atoms with Gasteiger partial charge in [0.1, 0.15) is 18.4 Å². The molecule has 1 fully saturated rings. The van der Waals surface area contributed by atoms with Crippen LogP contribution in [-0.2, 0) is 35.7 Å². The fourth-order valence-electron chi connectivity index (χ4n) is 6.36. The molecular formula is C34H36N4O5. The van der Waals surface area contributed by atoms with Crippen LogP contribution in [0.25, 0.3) is 10.9 Å². The molecule has 1 atom stereocenters. The van der Waals surface area contributed by atoms with Crippen molar-refractivity contribution in [2.24, 2.45) is 0 Å². The van der Waals surface area contributed by atoms with Crippen molar-refractivity contribution < 1.29 is 24.3 Å². The first kappa shape index (κ1) is 28.5. The number of carbonyl (C=O) groups excluding carboxylic acids is 3. The summed E-state index contributed by atoms with van der Waals surface area (Å²) in [6, 6.07) is 22.8. The molecule has 1 saturated heterocycles. The number of rotatable bonds is 8. The van der Waals surface area contributed by atoms with Crippen molar-refractivity contribution >= 4 is 28.6 Å². The van der Waals surface area contributed by atoms with Crippen molar-refractivity contribution in [2.45, 2.75) is 58.3 Å². The highest BCUT2D eigenvalue weighted by atomic mass is 16.5. The molecule has 9 heteroatoms. The third kappa shape index (κ3) is 5.72. The SMILES string of the molecule is CCCN1CC(=O)N2Cc3c(c4cc(OCc5ccccc5)ccc4n3Cc3ccc(C(=O)NO)cc3)CCCC2C1=O. The molecule has 43 heavy (non-hydrogen) atoms. The Hall–Kier alpha value is -4.63. The molecule has 222 valence electrons. The minimum absolute atomic E-state index is 0.0195. The van der Waals surface area contributed by atoms with Gasteiger partial charge in [0.15, 0.2) is 0 Å². The zero-order valence-corrected chi connectivity index (χ0v) is 24.3. The van der Waals surface area contributed by atoms with Crippen LogP contribution in [0.1, 0.15) is 58.9 Å². The Morgan fingerprint density at radius 2 is 1.79 bits per heavy atom.